The van der Waals surface area contributed by atoms with Crippen LogP contribution in [0.3, 0.4) is 0 Å². The van der Waals surface area contributed by atoms with Gasteiger partial charge >= 0.3 is 0 Å². The smallest absolute Gasteiger partial charge is 0.284 e. The molecule has 2 aromatic rings. The average Bonchev–Trinajstić information content (AvgIpc) is 2.44. The van der Waals surface area contributed by atoms with Crippen LogP contribution in [0.15, 0.2) is 45.8 Å². The zero-order valence-electron chi connectivity index (χ0n) is 10.9. The van der Waals surface area contributed by atoms with Crippen LogP contribution in [0.5, 0.6) is 0 Å². The second-order valence-corrected chi connectivity index (χ2v) is 5.95. The van der Waals surface area contributed by atoms with Crippen LogP contribution in [-0.2, 0) is 21.5 Å². The third kappa shape index (κ3) is 3.66. The van der Waals surface area contributed by atoms with Gasteiger partial charge in [-0.1, -0.05) is 11.6 Å². The van der Waals surface area contributed by atoms with Crippen LogP contribution in [0.1, 0.15) is 0 Å². The van der Waals surface area contributed by atoms with Crippen molar-refractivity contribution in [1.29, 1.82) is 0 Å². The molecule has 0 saturated heterocycles. The Hall–Kier alpha value is -1.77. The maximum absolute atomic E-state index is 13.1. The molecule has 21 heavy (non-hydrogen) atoms. The zero-order valence-corrected chi connectivity index (χ0v) is 12.5. The van der Waals surface area contributed by atoms with Gasteiger partial charge in [0.2, 0.25) is 0 Å². The highest BCUT2D eigenvalue weighted by Crippen LogP contribution is 2.20. The molecule has 0 amide bonds. The summed E-state index contributed by atoms with van der Waals surface area (Å²) in [6.45, 7) is 0.0410. The summed E-state index contributed by atoms with van der Waals surface area (Å²) in [4.78, 5) is -0.207. The molecule has 0 aliphatic heterocycles. The molecule has 0 bridgehead atoms. The van der Waals surface area contributed by atoms with Crippen molar-refractivity contribution in [3.63, 3.8) is 0 Å². The summed E-state index contributed by atoms with van der Waals surface area (Å²) in [6.07, 6.45) is 1.47. The Morgan fingerprint density at radius 1 is 1.43 bits per heavy atom. The molecular weight excluding hydrogens is 321 g/mol. The first kappa shape index (κ1) is 15.6. The molecule has 0 aliphatic rings. The second-order valence-electron chi connectivity index (χ2n) is 3.94. The molecule has 0 aliphatic carbocycles. The van der Waals surface area contributed by atoms with Crippen molar-refractivity contribution in [3.05, 3.63) is 52.9 Å². The van der Waals surface area contributed by atoms with E-state index in [9.17, 15) is 12.8 Å². The van der Waals surface area contributed by atoms with Crippen molar-refractivity contribution < 1.29 is 17.5 Å². The van der Waals surface area contributed by atoms with Crippen LogP contribution in [-0.4, -0.2) is 25.3 Å². The minimum atomic E-state index is -4.04. The summed E-state index contributed by atoms with van der Waals surface area (Å²) >= 11 is 5.59. The highest BCUT2D eigenvalue weighted by atomic mass is 35.5. The van der Waals surface area contributed by atoms with E-state index in [4.69, 9.17) is 16.3 Å². The third-order valence-corrected chi connectivity index (χ3v) is 4.02. The van der Waals surface area contributed by atoms with Gasteiger partial charge in [0, 0.05) is 13.3 Å². The highest BCUT2D eigenvalue weighted by molar-refractivity contribution is 7.90. The van der Waals surface area contributed by atoms with E-state index in [1.54, 1.807) is 0 Å². The SMILES string of the molecule is COCn1nccc/c1=N/S(=O)(=O)c1ccc(F)c(Cl)c1. The summed E-state index contributed by atoms with van der Waals surface area (Å²) in [5.41, 5.74) is 0.0831. The number of halogens is 2. The molecule has 0 atom stereocenters. The zero-order chi connectivity index (χ0) is 15.5. The summed E-state index contributed by atoms with van der Waals surface area (Å²) < 4.78 is 47.3. The molecule has 0 unspecified atom stereocenters. The molecule has 0 radical (unpaired) electrons. The fourth-order valence-corrected chi connectivity index (χ4v) is 2.76. The summed E-state index contributed by atoms with van der Waals surface area (Å²) in [6, 6.07) is 6.08. The highest BCUT2D eigenvalue weighted by Gasteiger charge is 2.15. The first-order valence-corrected chi connectivity index (χ1v) is 7.53. The molecule has 0 N–H and O–H groups in total. The van der Waals surface area contributed by atoms with Crippen molar-refractivity contribution >= 4 is 21.6 Å². The van der Waals surface area contributed by atoms with E-state index in [2.05, 4.69) is 9.50 Å². The molecule has 9 heteroatoms. The van der Waals surface area contributed by atoms with Crippen molar-refractivity contribution in [2.24, 2.45) is 4.40 Å². The van der Waals surface area contributed by atoms with Crippen molar-refractivity contribution in [3.8, 4) is 0 Å². The maximum Gasteiger partial charge on any atom is 0.284 e. The van der Waals surface area contributed by atoms with Gasteiger partial charge in [-0.05, 0) is 30.3 Å². The molecule has 1 heterocycles. The Morgan fingerprint density at radius 2 is 2.19 bits per heavy atom. The van der Waals surface area contributed by atoms with E-state index in [1.807, 2.05) is 0 Å². The van der Waals surface area contributed by atoms with Gasteiger partial charge in [0.25, 0.3) is 10.0 Å². The van der Waals surface area contributed by atoms with Crippen LogP contribution < -0.4 is 5.49 Å². The lowest BCUT2D eigenvalue weighted by Gasteiger charge is -2.04. The predicted octanol–water partition coefficient (Wildman–Crippen LogP) is 1.57. The Kier molecular flexibility index (Phi) is 4.71. The number of benzene rings is 1. The van der Waals surface area contributed by atoms with E-state index in [1.165, 1.54) is 30.1 Å². The van der Waals surface area contributed by atoms with Gasteiger partial charge in [-0.2, -0.15) is 13.5 Å². The number of sulfonamides is 1. The Bertz CT molecular complexity index is 820. The molecule has 0 saturated carbocycles. The van der Waals surface area contributed by atoms with Gasteiger partial charge < -0.3 is 4.74 Å². The maximum atomic E-state index is 13.1. The predicted molar refractivity (Wildman–Crippen MR) is 73.4 cm³/mol. The number of hydrogen-bond donors (Lipinski definition) is 0. The Labute approximate surface area is 125 Å². The van der Waals surface area contributed by atoms with Gasteiger partial charge in [0.15, 0.2) is 5.49 Å². The van der Waals surface area contributed by atoms with Crippen LogP contribution >= 0.6 is 11.6 Å². The van der Waals surface area contributed by atoms with Gasteiger partial charge in [0.1, 0.15) is 12.5 Å². The van der Waals surface area contributed by atoms with Gasteiger partial charge in [-0.25, -0.2) is 9.07 Å². The first-order valence-electron chi connectivity index (χ1n) is 5.71. The Balaban J connectivity index is 2.55. The standard InChI is InChI=1S/C12H11ClFN3O3S/c1-20-8-17-12(3-2-6-15-17)16-21(18,19)9-4-5-11(14)10(13)7-9/h2-7H,8H2,1H3/b16-12-. The van der Waals surface area contributed by atoms with Crippen molar-refractivity contribution in [1.82, 2.24) is 9.78 Å². The van der Waals surface area contributed by atoms with E-state index in [-0.39, 0.29) is 22.1 Å². The number of nitrogens with zero attached hydrogens (tertiary/aromatic N) is 3. The van der Waals surface area contributed by atoms with Crippen LogP contribution in [0.2, 0.25) is 5.02 Å². The normalized spacial score (nSPS) is 12.6. The van der Waals surface area contributed by atoms with Crippen LogP contribution in [0, 0.1) is 5.82 Å². The lowest BCUT2D eigenvalue weighted by Crippen LogP contribution is -2.25. The number of rotatable bonds is 4. The quantitative estimate of drug-likeness (QED) is 0.852. The fraction of sp³-hybridized carbons (Fsp3) is 0.167. The number of hydrogen-bond acceptors (Lipinski definition) is 4. The minimum absolute atomic E-state index is 0.0410. The van der Waals surface area contributed by atoms with Gasteiger partial charge in [0.05, 0.1) is 9.92 Å². The summed E-state index contributed by atoms with van der Waals surface area (Å²) in [5.74, 6) is -0.702. The molecule has 0 spiro atoms. The van der Waals surface area contributed by atoms with E-state index in [0.29, 0.717) is 0 Å². The van der Waals surface area contributed by atoms with Crippen LogP contribution in [0.25, 0.3) is 0 Å². The molecule has 1 aromatic carbocycles. The number of ether oxygens (including phenoxy) is 1. The largest absolute Gasteiger partial charge is 0.362 e. The van der Waals surface area contributed by atoms with E-state index in [0.717, 1.165) is 18.2 Å². The number of methoxy groups -OCH3 is 1. The summed E-state index contributed by atoms with van der Waals surface area (Å²) in [7, 11) is -2.59. The first-order chi connectivity index (χ1) is 9.94. The monoisotopic (exact) mass is 331 g/mol. The summed E-state index contributed by atoms with van der Waals surface area (Å²) in [5, 5.41) is 3.64. The van der Waals surface area contributed by atoms with E-state index < -0.39 is 15.8 Å². The molecule has 6 nitrogen and oxygen atoms in total. The minimum Gasteiger partial charge on any atom is -0.362 e. The molecule has 112 valence electrons. The lowest BCUT2D eigenvalue weighted by atomic mass is 10.3. The van der Waals surface area contributed by atoms with Gasteiger partial charge in [-0.15, -0.1) is 4.40 Å². The average molecular weight is 332 g/mol. The molecule has 0 fully saturated rings. The van der Waals surface area contributed by atoms with E-state index >= 15 is 0 Å². The van der Waals surface area contributed by atoms with Crippen molar-refractivity contribution in [2.75, 3.05) is 7.11 Å². The number of aromatic nitrogens is 2. The molecular formula is C12H11ClFN3O3S. The topological polar surface area (TPSA) is 73.5 Å². The molecule has 1 aromatic heterocycles. The van der Waals surface area contributed by atoms with Crippen LogP contribution in [0.4, 0.5) is 4.39 Å². The fourth-order valence-electron chi connectivity index (χ4n) is 1.51. The lowest BCUT2D eigenvalue weighted by molar-refractivity contribution is 0.115. The van der Waals surface area contributed by atoms with Crippen molar-refractivity contribution in [2.45, 2.75) is 11.6 Å². The third-order valence-electron chi connectivity index (χ3n) is 2.46. The Morgan fingerprint density at radius 3 is 2.86 bits per heavy atom. The second kappa shape index (κ2) is 6.33. The molecule has 2 rings (SSSR count). The van der Waals surface area contributed by atoms with Gasteiger partial charge in [-0.3, -0.25) is 0 Å².